The Hall–Kier alpha value is -1.36. The molecule has 1 aromatic carbocycles. The fourth-order valence-electron chi connectivity index (χ4n) is 2.40. The number of aryl methyl sites for hydroxylation is 1. The summed E-state index contributed by atoms with van der Waals surface area (Å²) in [5.74, 6) is -0.382. The molecule has 1 heterocycles. The first kappa shape index (κ1) is 14.1. The van der Waals surface area contributed by atoms with Crippen LogP contribution in [0.5, 0.6) is 0 Å². The Labute approximate surface area is 114 Å². The van der Waals surface area contributed by atoms with Crippen molar-refractivity contribution >= 4 is 15.9 Å². The summed E-state index contributed by atoms with van der Waals surface area (Å²) in [5, 5.41) is 0. The maximum atomic E-state index is 12.4. The number of amides is 1. The molecule has 1 atom stereocenters. The van der Waals surface area contributed by atoms with Gasteiger partial charge in [0, 0.05) is 12.5 Å². The zero-order valence-corrected chi connectivity index (χ0v) is 12.1. The van der Waals surface area contributed by atoms with Gasteiger partial charge in [-0.25, -0.2) is 12.7 Å². The molecular weight excluding hydrogens is 262 g/mol. The summed E-state index contributed by atoms with van der Waals surface area (Å²) in [6.45, 7) is 4.21. The van der Waals surface area contributed by atoms with Crippen molar-refractivity contribution in [2.24, 2.45) is 5.92 Å². The molecule has 1 aliphatic rings. The van der Waals surface area contributed by atoms with Gasteiger partial charge in [0.2, 0.25) is 5.91 Å². The van der Waals surface area contributed by atoms with E-state index in [-0.39, 0.29) is 16.7 Å². The Morgan fingerprint density at radius 3 is 2.47 bits per heavy atom. The van der Waals surface area contributed by atoms with Gasteiger partial charge < -0.3 is 0 Å². The number of rotatable bonds is 4. The maximum absolute atomic E-state index is 12.4. The Morgan fingerprint density at radius 2 is 1.89 bits per heavy atom. The molecule has 104 valence electrons. The lowest BCUT2D eigenvalue weighted by Gasteiger charge is -2.17. The van der Waals surface area contributed by atoms with Gasteiger partial charge in [-0.05, 0) is 31.9 Å². The number of benzene rings is 1. The Balaban J connectivity index is 2.26. The van der Waals surface area contributed by atoms with Crippen LogP contribution in [0.4, 0.5) is 0 Å². The van der Waals surface area contributed by atoms with E-state index in [4.69, 9.17) is 0 Å². The summed E-state index contributed by atoms with van der Waals surface area (Å²) in [6, 6.07) is 6.62. The minimum Gasteiger partial charge on any atom is -0.273 e. The predicted octanol–water partition coefficient (Wildman–Crippen LogP) is 2.33. The van der Waals surface area contributed by atoms with Crippen molar-refractivity contribution in [2.75, 3.05) is 6.54 Å². The minimum absolute atomic E-state index is 0.134. The SMILES string of the molecule is CCCC1CCN(S(=O)(=O)c2ccc(C)cc2)C1=O. The van der Waals surface area contributed by atoms with E-state index >= 15 is 0 Å². The molecule has 0 aliphatic carbocycles. The lowest BCUT2D eigenvalue weighted by atomic mass is 10.0. The second-order valence-corrected chi connectivity index (χ2v) is 6.87. The van der Waals surface area contributed by atoms with Gasteiger partial charge in [0.25, 0.3) is 10.0 Å². The van der Waals surface area contributed by atoms with Gasteiger partial charge in [-0.3, -0.25) is 4.79 Å². The predicted molar refractivity (Wildman–Crippen MR) is 73.1 cm³/mol. The van der Waals surface area contributed by atoms with E-state index in [1.165, 1.54) is 0 Å². The van der Waals surface area contributed by atoms with Crippen molar-refractivity contribution in [1.82, 2.24) is 4.31 Å². The molecule has 0 saturated carbocycles. The van der Waals surface area contributed by atoms with Crippen LogP contribution in [0.1, 0.15) is 31.7 Å². The van der Waals surface area contributed by atoms with Crippen LogP contribution >= 0.6 is 0 Å². The van der Waals surface area contributed by atoms with Gasteiger partial charge in [-0.15, -0.1) is 0 Å². The van der Waals surface area contributed by atoms with Crippen molar-refractivity contribution in [3.05, 3.63) is 29.8 Å². The van der Waals surface area contributed by atoms with Crippen molar-refractivity contribution in [1.29, 1.82) is 0 Å². The van der Waals surface area contributed by atoms with Crippen LogP contribution in [0.15, 0.2) is 29.2 Å². The lowest BCUT2D eigenvalue weighted by Crippen LogP contribution is -2.33. The van der Waals surface area contributed by atoms with E-state index in [0.29, 0.717) is 13.0 Å². The third-order valence-corrected chi connectivity index (χ3v) is 5.33. The lowest BCUT2D eigenvalue weighted by molar-refractivity contribution is -0.127. The van der Waals surface area contributed by atoms with Crippen molar-refractivity contribution < 1.29 is 13.2 Å². The first-order valence-electron chi connectivity index (χ1n) is 6.60. The standard InChI is InChI=1S/C14H19NO3S/c1-3-4-12-9-10-15(14(12)16)19(17,18)13-7-5-11(2)6-8-13/h5-8,12H,3-4,9-10H2,1-2H3. The van der Waals surface area contributed by atoms with Gasteiger partial charge in [-0.2, -0.15) is 0 Å². The number of hydrogen-bond donors (Lipinski definition) is 0. The molecule has 0 spiro atoms. The van der Waals surface area contributed by atoms with Gasteiger partial charge in [0.15, 0.2) is 0 Å². The van der Waals surface area contributed by atoms with Crippen LogP contribution in [-0.4, -0.2) is 25.2 Å². The van der Waals surface area contributed by atoms with E-state index in [1.54, 1.807) is 24.3 Å². The Kier molecular flexibility index (Phi) is 3.94. The second kappa shape index (κ2) is 5.33. The number of hydrogen-bond acceptors (Lipinski definition) is 3. The fourth-order valence-corrected chi connectivity index (χ4v) is 3.87. The van der Waals surface area contributed by atoms with Gasteiger partial charge >= 0.3 is 0 Å². The van der Waals surface area contributed by atoms with Crippen LogP contribution in [0.3, 0.4) is 0 Å². The molecule has 1 unspecified atom stereocenters. The number of carbonyl (C=O) groups excluding carboxylic acids is 1. The quantitative estimate of drug-likeness (QED) is 0.851. The summed E-state index contributed by atoms with van der Waals surface area (Å²) >= 11 is 0. The summed E-state index contributed by atoms with van der Waals surface area (Å²) in [4.78, 5) is 12.3. The molecule has 0 N–H and O–H groups in total. The Bertz CT molecular complexity index is 563. The van der Waals surface area contributed by atoms with Gasteiger partial charge in [-0.1, -0.05) is 31.0 Å². The fraction of sp³-hybridized carbons (Fsp3) is 0.500. The van der Waals surface area contributed by atoms with E-state index in [1.807, 2.05) is 13.8 Å². The highest BCUT2D eigenvalue weighted by Gasteiger charge is 2.38. The molecule has 0 radical (unpaired) electrons. The third-order valence-electron chi connectivity index (χ3n) is 3.52. The zero-order valence-electron chi connectivity index (χ0n) is 11.3. The molecule has 2 rings (SSSR count). The average Bonchev–Trinajstić information content (AvgIpc) is 2.73. The van der Waals surface area contributed by atoms with Gasteiger partial charge in [0.1, 0.15) is 0 Å². The van der Waals surface area contributed by atoms with Crippen LogP contribution < -0.4 is 0 Å². The zero-order chi connectivity index (χ0) is 14.0. The average molecular weight is 281 g/mol. The first-order valence-corrected chi connectivity index (χ1v) is 8.04. The second-order valence-electron chi connectivity index (χ2n) is 5.00. The highest BCUT2D eigenvalue weighted by Crippen LogP contribution is 2.28. The topological polar surface area (TPSA) is 54.5 Å². The molecule has 1 aliphatic heterocycles. The number of sulfonamides is 1. The van der Waals surface area contributed by atoms with Crippen molar-refractivity contribution in [3.8, 4) is 0 Å². The molecule has 4 nitrogen and oxygen atoms in total. The molecule has 0 aromatic heterocycles. The van der Waals surface area contributed by atoms with E-state index in [9.17, 15) is 13.2 Å². The molecule has 1 saturated heterocycles. The largest absolute Gasteiger partial charge is 0.273 e. The molecular formula is C14H19NO3S. The minimum atomic E-state index is -3.67. The first-order chi connectivity index (χ1) is 8.96. The van der Waals surface area contributed by atoms with Crippen LogP contribution in [-0.2, 0) is 14.8 Å². The summed E-state index contributed by atoms with van der Waals surface area (Å²) in [5.41, 5.74) is 0.996. The number of nitrogens with zero attached hydrogens (tertiary/aromatic N) is 1. The molecule has 5 heteroatoms. The molecule has 1 amide bonds. The monoisotopic (exact) mass is 281 g/mol. The van der Waals surface area contributed by atoms with Crippen molar-refractivity contribution in [2.45, 2.75) is 38.0 Å². The third kappa shape index (κ3) is 2.66. The van der Waals surface area contributed by atoms with Crippen LogP contribution in [0.2, 0.25) is 0 Å². The summed E-state index contributed by atoms with van der Waals surface area (Å²) in [7, 11) is -3.67. The normalized spacial score (nSPS) is 20.0. The highest BCUT2D eigenvalue weighted by atomic mass is 32.2. The summed E-state index contributed by atoms with van der Waals surface area (Å²) in [6.07, 6.45) is 2.30. The summed E-state index contributed by atoms with van der Waals surface area (Å²) < 4.78 is 25.9. The Morgan fingerprint density at radius 1 is 1.26 bits per heavy atom. The van der Waals surface area contributed by atoms with E-state index in [2.05, 4.69) is 0 Å². The van der Waals surface area contributed by atoms with Crippen molar-refractivity contribution in [3.63, 3.8) is 0 Å². The molecule has 19 heavy (non-hydrogen) atoms. The van der Waals surface area contributed by atoms with Gasteiger partial charge in [0.05, 0.1) is 4.90 Å². The smallest absolute Gasteiger partial charge is 0.266 e. The van der Waals surface area contributed by atoms with E-state index in [0.717, 1.165) is 22.7 Å². The number of carbonyl (C=O) groups is 1. The molecule has 0 bridgehead atoms. The maximum Gasteiger partial charge on any atom is 0.266 e. The highest BCUT2D eigenvalue weighted by molar-refractivity contribution is 7.89. The van der Waals surface area contributed by atoms with Crippen LogP contribution in [0.25, 0.3) is 0 Å². The molecule has 1 fully saturated rings. The van der Waals surface area contributed by atoms with Crippen LogP contribution in [0, 0.1) is 12.8 Å². The molecule has 1 aromatic rings. The van der Waals surface area contributed by atoms with E-state index < -0.39 is 10.0 Å².